The highest BCUT2D eigenvalue weighted by Gasteiger charge is 1.96. The maximum atomic E-state index is 5.19. The smallest absolute Gasteiger partial charge is 0.188 e. The van der Waals surface area contributed by atoms with E-state index < -0.39 is 0 Å². The first-order valence-corrected chi connectivity index (χ1v) is 3.92. The number of methoxy groups -OCH3 is 1. The van der Waals surface area contributed by atoms with Gasteiger partial charge >= 0.3 is 0 Å². The largest absolute Gasteiger partial charge is 0.466 e. The van der Waals surface area contributed by atoms with Crippen LogP contribution in [-0.2, 0) is 4.74 Å². The average molecular weight is 216 g/mol. The maximum Gasteiger partial charge on any atom is 0.188 e. The van der Waals surface area contributed by atoms with Crippen LogP contribution in [0, 0.1) is 6.07 Å². The molecule has 1 radical (unpaired) electrons. The molecule has 3 heteroatoms. The van der Waals surface area contributed by atoms with Crippen LogP contribution in [0.15, 0.2) is 22.7 Å². The quantitative estimate of drug-likeness (QED) is 0.721. The molecule has 11 heavy (non-hydrogen) atoms. The van der Waals surface area contributed by atoms with Gasteiger partial charge < -0.3 is 9.47 Å². The van der Waals surface area contributed by atoms with Crippen molar-refractivity contribution in [3.05, 3.63) is 28.7 Å². The van der Waals surface area contributed by atoms with Crippen LogP contribution in [0.4, 0.5) is 0 Å². The molecule has 2 nitrogen and oxygen atoms in total. The van der Waals surface area contributed by atoms with Crippen LogP contribution < -0.4 is 4.74 Å². The molecule has 0 bridgehead atoms. The van der Waals surface area contributed by atoms with E-state index in [9.17, 15) is 0 Å². The zero-order chi connectivity index (χ0) is 8.10. The van der Waals surface area contributed by atoms with Gasteiger partial charge in [0.25, 0.3) is 0 Å². The maximum absolute atomic E-state index is 5.19. The van der Waals surface area contributed by atoms with Gasteiger partial charge in [0.1, 0.15) is 5.75 Å². The monoisotopic (exact) mass is 215 g/mol. The molecule has 1 aromatic carbocycles. The standard InChI is InChI=1S/C8H8BrO2/c1-10-6-11-8-5-3-2-4-7(8)9/h2-3,5H,6H2,1H3. The van der Waals surface area contributed by atoms with Crippen molar-refractivity contribution in [1.29, 1.82) is 0 Å². The van der Waals surface area contributed by atoms with Gasteiger partial charge in [-0.2, -0.15) is 0 Å². The molecule has 0 amide bonds. The second kappa shape index (κ2) is 4.36. The molecule has 0 saturated carbocycles. The van der Waals surface area contributed by atoms with Gasteiger partial charge in [-0.1, -0.05) is 12.1 Å². The van der Waals surface area contributed by atoms with Crippen LogP contribution in [0.1, 0.15) is 0 Å². The summed E-state index contributed by atoms with van der Waals surface area (Å²) >= 11 is 3.29. The van der Waals surface area contributed by atoms with E-state index in [2.05, 4.69) is 22.0 Å². The summed E-state index contributed by atoms with van der Waals surface area (Å²) in [6.45, 7) is 0.260. The van der Waals surface area contributed by atoms with Crippen molar-refractivity contribution in [2.24, 2.45) is 0 Å². The van der Waals surface area contributed by atoms with Gasteiger partial charge in [0, 0.05) is 13.2 Å². The zero-order valence-corrected chi connectivity index (χ0v) is 7.72. The number of hydrogen-bond donors (Lipinski definition) is 0. The van der Waals surface area contributed by atoms with Crippen molar-refractivity contribution >= 4 is 15.9 Å². The van der Waals surface area contributed by atoms with Crippen LogP contribution in [0.5, 0.6) is 5.75 Å². The summed E-state index contributed by atoms with van der Waals surface area (Å²) < 4.78 is 10.7. The molecule has 0 fully saturated rings. The van der Waals surface area contributed by atoms with Gasteiger partial charge in [-0.25, -0.2) is 0 Å². The van der Waals surface area contributed by atoms with E-state index in [0.29, 0.717) is 0 Å². The second-order valence-electron chi connectivity index (χ2n) is 1.90. The average Bonchev–Trinajstić information content (AvgIpc) is 2.03. The minimum Gasteiger partial charge on any atom is -0.466 e. The summed E-state index contributed by atoms with van der Waals surface area (Å²) in [5.41, 5.74) is 0. The minimum absolute atomic E-state index is 0.260. The number of rotatable bonds is 3. The topological polar surface area (TPSA) is 18.5 Å². The molecule has 0 unspecified atom stereocenters. The third-order valence-electron chi connectivity index (χ3n) is 1.10. The Morgan fingerprint density at radius 2 is 2.45 bits per heavy atom. The Labute approximate surface area is 74.3 Å². The lowest BCUT2D eigenvalue weighted by molar-refractivity contribution is 0.0506. The molecular formula is C8H8BrO2. The molecule has 0 aliphatic rings. The SMILES string of the molecule is COCOc1ccc[c]c1Br. The third kappa shape index (κ3) is 2.52. The zero-order valence-electron chi connectivity index (χ0n) is 6.13. The van der Waals surface area contributed by atoms with Crippen LogP contribution in [0.25, 0.3) is 0 Å². The number of hydrogen-bond acceptors (Lipinski definition) is 2. The molecule has 0 aliphatic heterocycles. The molecule has 0 saturated heterocycles. The normalized spacial score (nSPS) is 9.64. The molecule has 59 valence electrons. The van der Waals surface area contributed by atoms with Crippen molar-refractivity contribution in [3.63, 3.8) is 0 Å². The Bertz CT molecular complexity index is 225. The predicted octanol–water partition coefficient (Wildman–Crippen LogP) is 2.23. The molecule has 0 aliphatic carbocycles. The van der Waals surface area contributed by atoms with Crippen LogP contribution in [-0.4, -0.2) is 13.9 Å². The summed E-state index contributed by atoms with van der Waals surface area (Å²) in [4.78, 5) is 0. The van der Waals surface area contributed by atoms with E-state index in [1.165, 1.54) is 0 Å². The number of ether oxygens (including phenoxy) is 2. The van der Waals surface area contributed by atoms with Crippen molar-refractivity contribution in [1.82, 2.24) is 0 Å². The Morgan fingerprint density at radius 3 is 3.09 bits per heavy atom. The van der Waals surface area contributed by atoms with E-state index >= 15 is 0 Å². The highest BCUT2D eigenvalue weighted by Crippen LogP contribution is 2.22. The fraction of sp³-hybridized carbons (Fsp3) is 0.250. The third-order valence-corrected chi connectivity index (χ3v) is 1.72. The predicted molar refractivity (Wildman–Crippen MR) is 45.5 cm³/mol. The van der Waals surface area contributed by atoms with Crippen LogP contribution >= 0.6 is 15.9 Å². The Morgan fingerprint density at radius 1 is 1.64 bits per heavy atom. The first-order valence-electron chi connectivity index (χ1n) is 3.12. The van der Waals surface area contributed by atoms with E-state index in [0.717, 1.165) is 10.2 Å². The van der Waals surface area contributed by atoms with Gasteiger partial charge in [-0.05, 0) is 22.0 Å². The fourth-order valence-electron chi connectivity index (χ4n) is 0.635. The van der Waals surface area contributed by atoms with E-state index in [4.69, 9.17) is 9.47 Å². The molecule has 0 N–H and O–H groups in total. The Kier molecular flexibility index (Phi) is 3.39. The van der Waals surface area contributed by atoms with Gasteiger partial charge in [0.15, 0.2) is 6.79 Å². The van der Waals surface area contributed by atoms with Gasteiger partial charge in [-0.15, -0.1) is 0 Å². The number of halogens is 1. The molecule has 0 spiro atoms. The summed E-state index contributed by atoms with van der Waals surface area (Å²) in [6, 6.07) is 8.46. The molecule has 1 rings (SSSR count). The van der Waals surface area contributed by atoms with Gasteiger partial charge in [0.05, 0.1) is 4.47 Å². The summed E-state index contributed by atoms with van der Waals surface area (Å²) in [5.74, 6) is 0.745. The molecule has 1 aromatic rings. The van der Waals surface area contributed by atoms with Crippen molar-refractivity contribution < 1.29 is 9.47 Å². The molecular weight excluding hydrogens is 208 g/mol. The van der Waals surface area contributed by atoms with Gasteiger partial charge in [-0.3, -0.25) is 0 Å². The fourth-order valence-corrected chi connectivity index (χ4v) is 1.01. The Balaban J connectivity index is 2.62. The van der Waals surface area contributed by atoms with E-state index in [-0.39, 0.29) is 6.79 Å². The lowest BCUT2D eigenvalue weighted by atomic mass is 10.3. The highest BCUT2D eigenvalue weighted by atomic mass is 79.9. The van der Waals surface area contributed by atoms with E-state index in [1.807, 2.05) is 18.2 Å². The van der Waals surface area contributed by atoms with Crippen molar-refractivity contribution in [2.75, 3.05) is 13.9 Å². The summed E-state index contributed by atoms with van der Waals surface area (Å²) in [7, 11) is 1.58. The van der Waals surface area contributed by atoms with Gasteiger partial charge in [0.2, 0.25) is 0 Å². The second-order valence-corrected chi connectivity index (χ2v) is 2.69. The van der Waals surface area contributed by atoms with Crippen LogP contribution in [0.2, 0.25) is 0 Å². The Hall–Kier alpha value is -0.540. The summed E-state index contributed by atoms with van der Waals surface area (Å²) in [6.07, 6.45) is 0. The summed E-state index contributed by atoms with van der Waals surface area (Å²) in [5, 5.41) is 0. The van der Waals surface area contributed by atoms with Crippen LogP contribution in [0.3, 0.4) is 0 Å². The number of benzene rings is 1. The lowest BCUT2D eigenvalue weighted by Gasteiger charge is -2.04. The highest BCUT2D eigenvalue weighted by molar-refractivity contribution is 9.10. The van der Waals surface area contributed by atoms with Crippen molar-refractivity contribution in [3.8, 4) is 5.75 Å². The molecule has 0 atom stereocenters. The first kappa shape index (κ1) is 8.56. The first-order chi connectivity index (χ1) is 5.34. The molecule has 0 aromatic heterocycles. The molecule has 0 heterocycles. The lowest BCUT2D eigenvalue weighted by Crippen LogP contribution is -1.98. The van der Waals surface area contributed by atoms with Crippen molar-refractivity contribution in [2.45, 2.75) is 0 Å². The minimum atomic E-state index is 0.260. The van der Waals surface area contributed by atoms with E-state index in [1.54, 1.807) is 7.11 Å².